The van der Waals surface area contributed by atoms with Gasteiger partial charge in [0.25, 0.3) is 0 Å². The highest BCUT2D eigenvalue weighted by Crippen LogP contribution is 2.18. The van der Waals surface area contributed by atoms with Gasteiger partial charge in [-0.2, -0.15) is 10.1 Å². The zero-order valence-corrected chi connectivity index (χ0v) is 13.7. The fraction of sp³-hybridized carbons (Fsp3) is 0.353. The molecular weight excluding hydrogens is 304 g/mol. The molecule has 0 bridgehead atoms. The van der Waals surface area contributed by atoms with Gasteiger partial charge in [0.15, 0.2) is 0 Å². The van der Waals surface area contributed by atoms with Gasteiger partial charge < -0.3 is 9.42 Å². The number of nitrogens with zero attached hydrogens (tertiary/aromatic N) is 6. The van der Waals surface area contributed by atoms with Gasteiger partial charge in [0.1, 0.15) is 0 Å². The molecule has 0 saturated carbocycles. The summed E-state index contributed by atoms with van der Waals surface area (Å²) in [5, 5.41) is 8.33. The summed E-state index contributed by atoms with van der Waals surface area (Å²) in [5.74, 6) is 1.30. The predicted molar refractivity (Wildman–Crippen MR) is 89.6 cm³/mol. The number of piperazine rings is 1. The van der Waals surface area contributed by atoms with E-state index in [-0.39, 0.29) is 0 Å². The van der Waals surface area contributed by atoms with E-state index < -0.39 is 0 Å². The first kappa shape index (κ1) is 15.0. The molecule has 7 heteroatoms. The molecule has 2 aromatic heterocycles. The minimum absolute atomic E-state index is 0.631. The lowest BCUT2D eigenvalue weighted by Crippen LogP contribution is -2.43. The molecule has 0 radical (unpaired) electrons. The number of benzene rings is 1. The van der Waals surface area contributed by atoms with Crippen molar-refractivity contribution in [3.8, 4) is 17.1 Å². The van der Waals surface area contributed by atoms with Gasteiger partial charge in [-0.1, -0.05) is 5.16 Å². The monoisotopic (exact) mass is 324 g/mol. The van der Waals surface area contributed by atoms with Gasteiger partial charge in [-0.3, -0.25) is 4.90 Å². The zero-order valence-electron chi connectivity index (χ0n) is 13.7. The average molecular weight is 324 g/mol. The third-order valence-electron chi connectivity index (χ3n) is 4.32. The van der Waals surface area contributed by atoms with Crippen molar-refractivity contribution in [2.24, 2.45) is 0 Å². The Morgan fingerprint density at radius 3 is 2.58 bits per heavy atom. The topological polar surface area (TPSA) is 63.2 Å². The Kier molecular flexibility index (Phi) is 4.10. The molecule has 0 unspecified atom stereocenters. The summed E-state index contributed by atoms with van der Waals surface area (Å²) in [6.07, 6.45) is 3.68. The smallest absolute Gasteiger partial charge is 0.241 e. The van der Waals surface area contributed by atoms with Crippen molar-refractivity contribution in [2.45, 2.75) is 6.54 Å². The van der Waals surface area contributed by atoms with E-state index in [0.717, 1.165) is 37.4 Å². The van der Waals surface area contributed by atoms with Crippen LogP contribution < -0.4 is 0 Å². The Labute approximate surface area is 140 Å². The van der Waals surface area contributed by atoms with Crippen molar-refractivity contribution < 1.29 is 4.52 Å². The van der Waals surface area contributed by atoms with Gasteiger partial charge in [-0.15, -0.1) is 0 Å². The van der Waals surface area contributed by atoms with Crippen LogP contribution in [0.5, 0.6) is 0 Å². The van der Waals surface area contributed by atoms with Crippen LogP contribution in [0.25, 0.3) is 17.1 Å². The van der Waals surface area contributed by atoms with Crippen LogP contribution in [0.1, 0.15) is 5.89 Å². The molecule has 0 spiro atoms. The van der Waals surface area contributed by atoms with E-state index in [9.17, 15) is 0 Å². The third-order valence-corrected chi connectivity index (χ3v) is 4.32. The van der Waals surface area contributed by atoms with E-state index in [1.807, 2.05) is 41.2 Å². The Hall–Kier alpha value is -2.51. The van der Waals surface area contributed by atoms with E-state index >= 15 is 0 Å². The van der Waals surface area contributed by atoms with Crippen molar-refractivity contribution in [3.05, 3.63) is 48.6 Å². The number of rotatable bonds is 4. The maximum absolute atomic E-state index is 5.42. The molecule has 7 nitrogen and oxygen atoms in total. The first-order chi connectivity index (χ1) is 11.8. The quantitative estimate of drug-likeness (QED) is 0.727. The molecule has 1 aromatic carbocycles. The molecule has 1 saturated heterocycles. The fourth-order valence-corrected chi connectivity index (χ4v) is 2.82. The van der Waals surface area contributed by atoms with Crippen LogP contribution in [-0.2, 0) is 6.54 Å². The number of hydrogen-bond acceptors (Lipinski definition) is 6. The lowest BCUT2D eigenvalue weighted by molar-refractivity contribution is 0.135. The van der Waals surface area contributed by atoms with Crippen LogP contribution in [0.15, 0.2) is 47.2 Å². The largest absolute Gasteiger partial charge is 0.338 e. The molecule has 4 rings (SSSR count). The van der Waals surface area contributed by atoms with E-state index in [1.165, 1.54) is 0 Å². The Morgan fingerprint density at radius 2 is 1.88 bits per heavy atom. The lowest BCUT2D eigenvalue weighted by Gasteiger charge is -2.31. The van der Waals surface area contributed by atoms with Crippen LogP contribution in [-0.4, -0.2) is 62.9 Å². The van der Waals surface area contributed by atoms with Crippen molar-refractivity contribution in [3.63, 3.8) is 0 Å². The molecule has 3 aromatic rings. The Bertz CT molecular complexity index is 772. The average Bonchev–Trinajstić information content (AvgIpc) is 3.29. The van der Waals surface area contributed by atoms with Gasteiger partial charge in [-0.05, 0) is 37.4 Å². The summed E-state index contributed by atoms with van der Waals surface area (Å²) in [6.45, 7) is 4.94. The summed E-state index contributed by atoms with van der Waals surface area (Å²) in [5.41, 5.74) is 1.95. The van der Waals surface area contributed by atoms with Crippen molar-refractivity contribution in [1.82, 2.24) is 29.7 Å². The maximum atomic E-state index is 5.42. The molecule has 1 aliphatic rings. The second-order valence-electron chi connectivity index (χ2n) is 6.09. The van der Waals surface area contributed by atoms with E-state index in [4.69, 9.17) is 4.52 Å². The van der Waals surface area contributed by atoms with Crippen molar-refractivity contribution >= 4 is 0 Å². The fourth-order valence-electron chi connectivity index (χ4n) is 2.82. The molecule has 0 aliphatic carbocycles. The Balaban J connectivity index is 1.44. The highest BCUT2D eigenvalue weighted by Gasteiger charge is 2.17. The first-order valence-corrected chi connectivity index (χ1v) is 8.12. The van der Waals surface area contributed by atoms with E-state index in [1.54, 1.807) is 6.20 Å². The highest BCUT2D eigenvalue weighted by molar-refractivity contribution is 5.56. The summed E-state index contributed by atoms with van der Waals surface area (Å²) in [7, 11) is 2.15. The van der Waals surface area contributed by atoms with Gasteiger partial charge >= 0.3 is 0 Å². The second kappa shape index (κ2) is 6.54. The molecule has 3 heterocycles. The number of hydrogen-bond donors (Lipinski definition) is 0. The molecule has 1 fully saturated rings. The van der Waals surface area contributed by atoms with Crippen LogP contribution in [0, 0.1) is 0 Å². The van der Waals surface area contributed by atoms with Gasteiger partial charge in [-0.25, -0.2) is 4.68 Å². The molecule has 0 N–H and O–H groups in total. The Morgan fingerprint density at radius 1 is 1.08 bits per heavy atom. The molecule has 0 amide bonds. The van der Waals surface area contributed by atoms with Crippen LogP contribution in [0.3, 0.4) is 0 Å². The van der Waals surface area contributed by atoms with E-state index in [2.05, 4.69) is 32.1 Å². The van der Waals surface area contributed by atoms with Gasteiger partial charge in [0.2, 0.25) is 11.7 Å². The standard InChI is InChI=1S/C17H20N6O/c1-21-9-11-22(12-10-21)13-16-19-17(20-24-16)14-3-5-15(6-4-14)23-8-2-7-18-23/h2-8H,9-13H2,1H3. The lowest BCUT2D eigenvalue weighted by atomic mass is 10.2. The highest BCUT2D eigenvalue weighted by atomic mass is 16.5. The van der Waals surface area contributed by atoms with Crippen LogP contribution in [0.2, 0.25) is 0 Å². The normalized spacial score (nSPS) is 16.5. The second-order valence-corrected chi connectivity index (χ2v) is 6.09. The van der Waals surface area contributed by atoms with Crippen molar-refractivity contribution in [1.29, 1.82) is 0 Å². The molecule has 0 atom stereocenters. The third kappa shape index (κ3) is 3.22. The molecule has 1 aliphatic heterocycles. The first-order valence-electron chi connectivity index (χ1n) is 8.12. The minimum atomic E-state index is 0.631. The van der Waals surface area contributed by atoms with Crippen LogP contribution in [0.4, 0.5) is 0 Å². The summed E-state index contributed by atoms with van der Waals surface area (Å²) < 4.78 is 7.24. The minimum Gasteiger partial charge on any atom is -0.338 e. The number of aromatic nitrogens is 4. The molecular formula is C17H20N6O. The summed E-state index contributed by atoms with van der Waals surface area (Å²) >= 11 is 0. The van der Waals surface area contributed by atoms with Crippen LogP contribution >= 0.6 is 0 Å². The maximum Gasteiger partial charge on any atom is 0.241 e. The molecule has 24 heavy (non-hydrogen) atoms. The van der Waals surface area contributed by atoms with Gasteiger partial charge in [0, 0.05) is 44.1 Å². The summed E-state index contributed by atoms with van der Waals surface area (Å²) in [4.78, 5) is 9.21. The zero-order chi connectivity index (χ0) is 16.4. The number of likely N-dealkylation sites (N-methyl/N-ethyl adjacent to an activating group) is 1. The SMILES string of the molecule is CN1CCN(Cc2nc(-c3ccc(-n4cccn4)cc3)no2)CC1. The summed E-state index contributed by atoms with van der Waals surface area (Å²) in [6, 6.07) is 9.87. The van der Waals surface area contributed by atoms with E-state index in [0.29, 0.717) is 18.3 Å². The predicted octanol–water partition coefficient (Wildman–Crippen LogP) is 1.67. The molecule has 124 valence electrons. The van der Waals surface area contributed by atoms with Gasteiger partial charge in [0.05, 0.1) is 12.2 Å². The van der Waals surface area contributed by atoms with Crippen molar-refractivity contribution in [2.75, 3.05) is 33.2 Å².